The molecule has 0 spiro atoms. The Bertz CT molecular complexity index is 686. The van der Waals surface area contributed by atoms with Crippen LogP contribution < -0.4 is 5.32 Å². The van der Waals surface area contributed by atoms with Crippen LogP contribution >= 0.6 is 33.9 Å². The number of thiophene rings is 1. The van der Waals surface area contributed by atoms with Crippen LogP contribution in [0.1, 0.15) is 15.2 Å². The highest BCUT2D eigenvalue weighted by Crippen LogP contribution is 2.13. The first-order chi connectivity index (χ1) is 11.1. The van der Waals surface area contributed by atoms with Gasteiger partial charge in [0.25, 0.3) is 5.91 Å². The second kappa shape index (κ2) is 8.83. The first kappa shape index (κ1) is 17.7. The van der Waals surface area contributed by atoms with E-state index in [-0.39, 0.29) is 18.4 Å². The molecule has 0 unspecified atom stereocenters. The van der Waals surface area contributed by atoms with Crippen molar-refractivity contribution in [3.05, 3.63) is 68.4 Å². The number of nitrogens with zero attached hydrogens (tertiary/aromatic N) is 1. The third-order valence-electron chi connectivity index (χ3n) is 3.15. The maximum absolute atomic E-state index is 12.3. The standard InChI is InChI=1S/C17H17IN2O2S/c1-2-9-20(12-13-6-5-10-23-13)16(21)11-19-17(22)14-7-3-4-8-15(14)18/h2-8,10H,1,9,11-12H2,(H,19,22). The average Bonchev–Trinajstić information content (AvgIpc) is 3.05. The summed E-state index contributed by atoms with van der Waals surface area (Å²) < 4.78 is 0.858. The molecule has 1 aromatic heterocycles. The van der Waals surface area contributed by atoms with Gasteiger partial charge < -0.3 is 10.2 Å². The van der Waals surface area contributed by atoms with Gasteiger partial charge in [-0.3, -0.25) is 9.59 Å². The highest BCUT2D eigenvalue weighted by molar-refractivity contribution is 14.1. The van der Waals surface area contributed by atoms with Gasteiger partial charge in [-0.1, -0.05) is 24.3 Å². The molecule has 4 nitrogen and oxygen atoms in total. The summed E-state index contributed by atoms with van der Waals surface area (Å²) in [6, 6.07) is 11.2. The van der Waals surface area contributed by atoms with E-state index in [0.29, 0.717) is 18.7 Å². The molecule has 0 aliphatic carbocycles. The van der Waals surface area contributed by atoms with Gasteiger partial charge in [0.05, 0.1) is 18.7 Å². The first-order valence-corrected chi connectivity index (χ1v) is 9.01. The predicted molar refractivity (Wildman–Crippen MR) is 101 cm³/mol. The molecule has 120 valence electrons. The van der Waals surface area contributed by atoms with Crippen molar-refractivity contribution >= 4 is 45.7 Å². The van der Waals surface area contributed by atoms with E-state index in [4.69, 9.17) is 0 Å². The van der Waals surface area contributed by atoms with Crippen molar-refractivity contribution in [3.63, 3.8) is 0 Å². The Kier molecular flexibility index (Phi) is 6.79. The molecule has 2 aromatic rings. The number of nitrogens with one attached hydrogen (secondary N) is 1. The van der Waals surface area contributed by atoms with E-state index in [2.05, 4.69) is 34.5 Å². The Balaban J connectivity index is 1.94. The molecule has 1 heterocycles. The van der Waals surface area contributed by atoms with Gasteiger partial charge in [0, 0.05) is 15.0 Å². The van der Waals surface area contributed by atoms with Crippen LogP contribution in [0.5, 0.6) is 0 Å². The minimum Gasteiger partial charge on any atom is -0.343 e. The molecule has 0 aliphatic heterocycles. The van der Waals surface area contributed by atoms with Gasteiger partial charge in [-0.05, 0) is 46.2 Å². The molecule has 2 rings (SSSR count). The molecule has 0 bridgehead atoms. The monoisotopic (exact) mass is 440 g/mol. The van der Waals surface area contributed by atoms with Crippen LogP contribution in [0.2, 0.25) is 0 Å². The van der Waals surface area contributed by atoms with Gasteiger partial charge in [-0.2, -0.15) is 0 Å². The number of hydrogen-bond acceptors (Lipinski definition) is 3. The van der Waals surface area contributed by atoms with E-state index < -0.39 is 0 Å². The van der Waals surface area contributed by atoms with Crippen molar-refractivity contribution in [2.45, 2.75) is 6.54 Å². The summed E-state index contributed by atoms with van der Waals surface area (Å²) in [5.41, 5.74) is 0.578. The number of benzene rings is 1. The summed E-state index contributed by atoms with van der Waals surface area (Å²) in [7, 11) is 0. The van der Waals surface area contributed by atoms with E-state index in [0.717, 1.165) is 8.45 Å². The van der Waals surface area contributed by atoms with Gasteiger partial charge in [0.15, 0.2) is 0 Å². The molecule has 1 N–H and O–H groups in total. The zero-order chi connectivity index (χ0) is 16.7. The largest absolute Gasteiger partial charge is 0.343 e. The molecule has 0 atom stereocenters. The van der Waals surface area contributed by atoms with E-state index in [1.165, 1.54) is 0 Å². The lowest BCUT2D eigenvalue weighted by molar-refractivity contribution is -0.130. The van der Waals surface area contributed by atoms with Crippen molar-refractivity contribution in [3.8, 4) is 0 Å². The second-order valence-corrected chi connectivity index (χ2v) is 7.00. The SMILES string of the molecule is C=CCN(Cc1cccs1)C(=O)CNC(=O)c1ccccc1I. The van der Waals surface area contributed by atoms with Gasteiger partial charge in [-0.15, -0.1) is 17.9 Å². The van der Waals surface area contributed by atoms with Crippen LogP contribution in [-0.2, 0) is 11.3 Å². The Morgan fingerprint density at radius 2 is 2.04 bits per heavy atom. The summed E-state index contributed by atoms with van der Waals surface area (Å²) in [5.74, 6) is -0.365. The Labute approximate surface area is 153 Å². The molecule has 0 fully saturated rings. The maximum atomic E-state index is 12.3. The number of halogens is 1. The normalized spacial score (nSPS) is 10.1. The molecule has 2 amide bonds. The van der Waals surface area contributed by atoms with Crippen molar-refractivity contribution in [2.24, 2.45) is 0 Å². The van der Waals surface area contributed by atoms with Crippen LogP contribution in [0.25, 0.3) is 0 Å². The van der Waals surface area contributed by atoms with Crippen molar-refractivity contribution < 1.29 is 9.59 Å². The summed E-state index contributed by atoms with van der Waals surface area (Å²) in [5, 5.41) is 4.67. The maximum Gasteiger partial charge on any atom is 0.252 e. The molecule has 1 aromatic carbocycles. The van der Waals surface area contributed by atoms with Crippen LogP contribution in [0, 0.1) is 3.57 Å². The lowest BCUT2D eigenvalue weighted by atomic mass is 10.2. The Morgan fingerprint density at radius 1 is 1.26 bits per heavy atom. The number of amides is 2. The highest BCUT2D eigenvalue weighted by atomic mass is 127. The second-order valence-electron chi connectivity index (χ2n) is 4.80. The predicted octanol–water partition coefficient (Wildman–Crippen LogP) is 3.30. The molecule has 0 saturated carbocycles. The van der Waals surface area contributed by atoms with Crippen LogP contribution in [0.15, 0.2) is 54.4 Å². The van der Waals surface area contributed by atoms with Crippen molar-refractivity contribution in [1.29, 1.82) is 0 Å². The molecule has 6 heteroatoms. The molecule has 0 aliphatic rings. The van der Waals surface area contributed by atoms with E-state index in [9.17, 15) is 9.59 Å². The topological polar surface area (TPSA) is 49.4 Å². The molecule has 0 radical (unpaired) electrons. The Hall–Kier alpha value is -1.67. The van der Waals surface area contributed by atoms with Crippen LogP contribution in [0.4, 0.5) is 0 Å². The first-order valence-electron chi connectivity index (χ1n) is 7.05. The summed E-state index contributed by atoms with van der Waals surface area (Å²) in [6.45, 7) is 4.65. The zero-order valence-electron chi connectivity index (χ0n) is 12.5. The minimum absolute atomic E-state index is 0.0248. The van der Waals surface area contributed by atoms with E-state index >= 15 is 0 Å². The fourth-order valence-electron chi connectivity index (χ4n) is 2.01. The van der Waals surface area contributed by atoms with Crippen LogP contribution in [-0.4, -0.2) is 29.8 Å². The third kappa shape index (κ3) is 5.18. The number of hydrogen-bond donors (Lipinski definition) is 1. The molecule has 23 heavy (non-hydrogen) atoms. The van der Waals surface area contributed by atoms with Crippen LogP contribution in [0.3, 0.4) is 0 Å². The molecule has 0 saturated heterocycles. The number of carbonyl (C=O) groups is 2. The number of rotatable bonds is 7. The summed E-state index contributed by atoms with van der Waals surface area (Å²) in [6.07, 6.45) is 1.69. The van der Waals surface area contributed by atoms with E-state index in [1.807, 2.05) is 29.6 Å². The van der Waals surface area contributed by atoms with Gasteiger partial charge in [-0.25, -0.2) is 0 Å². The molecular formula is C17H17IN2O2S. The lowest BCUT2D eigenvalue weighted by Gasteiger charge is -2.20. The molecular weight excluding hydrogens is 423 g/mol. The highest BCUT2D eigenvalue weighted by Gasteiger charge is 2.15. The van der Waals surface area contributed by atoms with Crippen molar-refractivity contribution in [1.82, 2.24) is 10.2 Å². The van der Waals surface area contributed by atoms with Crippen molar-refractivity contribution in [2.75, 3.05) is 13.1 Å². The summed E-state index contributed by atoms with van der Waals surface area (Å²) >= 11 is 3.71. The quantitative estimate of drug-likeness (QED) is 0.531. The van der Waals surface area contributed by atoms with Gasteiger partial charge in [0.2, 0.25) is 5.91 Å². The summed E-state index contributed by atoms with van der Waals surface area (Å²) in [4.78, 5) is 27.3. The minimum atomic E-state index is -0.238. The lowest BCUT2D eigenvalue weighted by Crippen LogP contribution is -2.40. The zero-order valence-corrected chi connectivity index (χ0v) is 15.5. The average molecular weight is 440 g/mol. The smallest absolute Gasteiger partial charge is 0.252 e. The van der Waals surface area contributed by atoms with E-state index in [1.54, 1.807) is 34.4 Å². The van der Waals surface area contributed by atoms with Gasteiger partial charge in [0.1, 0.15) is 0 Å². The fourth-order valence-corrected chi connectivity index (χ4v) is 3.36. The number of carbonyl (C=O) groups excluding carboxylic acids is 2. The third-order valence-corrected chi connectivity index (χ3v) is 4.95. The fraction of sp³-hybridized carbons (Fsp3) is 0.176. The van der Waals surface area contributed by atoms with Gasteiger partial charge >= 0.3 is 0 Å². The Morgan fingerprint density at radius 3 is 2.70 bits per heavy atom.